The van der Waals surface area contributed by atoms with Crippen LogP contribution in [0.3, 0.4) is 0 Å². The number of fused-ring (bicyclic) bond motifs is 1. The van der Waals surface area contributed by atoms with Crippen LogP contribution in [-0.4, -0.2) is 22.5 Å². The number of nitrogens with one attached hydrogen (secondary N) is 1. The molecule has 1 aromatic rings. The Bertz CT molecular complexity index is 469. The SMILES string of the molecule is CC(=O)NC1(C(=O)O)CCc2ccccc2C1. The number of hydrogen-bond donors (Lipinski definition) is 2. The van der Waals surface area contributed by atoms with Crippen LogP contribution in [0.25, 0.3) is 0 Å². The predicted octanol–water partition coefficient (Wildman–Crippen LogP) is 1.13. The molecule has 2 rings (SSSR count). The molecule has 0 fully saturated rings. The molecule has 1 aromatic carbocycles. The lowest BCUT2D eigenvalue weighted by Crippen LogP contribution is -2.57. The van der Waals surface area contributed by atoms with Crippen molar-refractivity contribution in [2.75, 3.05) is 0 Å². The van der Waals surface area contributed by atoms with E-state index in [0.717, 1.165) is 5.56 Å². The van der Waals surface area contributed by atoms with Crippen molar-refractivity contribution in [1.82, 2.24) is 5.32 Å². The quantitative estimate of drug-likeness (QED) is 0.804. The molecule has 0 radical (unpaired) electrons. The summed E-state index contributed by atoms with van der Waals surface area (Å²) in [5.74, 6) is -1.26. The molecule has 17 heavy (non-hydrogen) atoms. The summed E-state index contributed by atoms with van der Waals surface area (Å²) in [5.41, 5.74) is 1.05. The minimum Gasteiger partial charge on any atom is -0.479 e. The normalized spacial score (nSPS) is 22.6. The van der Waals surface area contributed by atoms with Gasteiger partial charge >= 0.3 is 5.97 Å². The molecular formula is C13H15NO3. The summed E-state index contributed by atoms with van der Waals surface area (Å²) in [4.78, 5) is 22.6. The van der Waals surface area contributed by atoms with Gasteiger partial charge in [0.25, 0.3) is 0 Å². The summed E-state index contributed by atoms with van der Waals surface area (Å²) in [6.07, 6.45) is 1.49. The standard InChI is InChI=1S/C13H15NO3/c1-9(15)14-13(12(16)17)7-6-10-4-2-3-5-11(10)8-13/h2-5H,6-8H2,1H3,(H,14,15)(H,16,17). The number of aryl methyl sites for hydroxylation is 1. The fourth-order valence-electron chi connectivity index (χ4n) is 2.42. The van der Waals surface area contributed by atoms with Crippen LogP contribution >= 0.6 is 0 Å². The van der Waals surface area contributed by atoms with E-state index in [0.29, 0.717) is 19.3 Å². The van der Waals surface area contributed by atoms with Crippen molar-refractivity contribution in [1.29, 1.82) is 0 Å². The van der Waals surface area contributed by atoms with Crippen molar-refractivity contribution in [3.8, 4) is 0 Å². The Morgan fingerprint density at radius 1 is 1.29 bits per heavy atom. The number of aliphatic carboxylic acids is 1. The van der Waals surface area contributed by atoms with E-state index in [-0.39, 0.29) is 5.91 Å². The summed E-state index contributed by atoms with van der Waals surface area (Å²) in [6.45, 7) is 1.35. The van der Waals surface area contributed by atoms with Crippen LogP contribution in [0.5, 0.6) is 0 Å². The first-order chi connectivity index (χ1) is 8.03. The summed E-state index contributed by atoms with van der Waals surface area (Å²) < 4.78 is 0. The van der Waals surface area contributed by atoms with Gasteiger partial charge in [-0.3, -0.25) is 4.79 Å². The van der Waals surface area contributed by atoms with E-state index in [1.807, 2.05) is 24.3 Å². The first-order valence-corrected chi connectivity index (χ1v) is 5.62. The summed E-state index contributed by atoms with van der Waals surface area (Å²) in [6, 6.07) is 7.78. The predicted molar refractivity (Wildman–Crippen MR) is 62.7 cm³/mol. The maximum absolute atomic E-state index is 11.4. The minimum atomic E-state index is -1.14. The second-order valence-electron chi connectivity index (χ2n) is 4.51. The first-order valence-electron chi connectivity index (χ1n) is 5.62. The van der Waals surface area contributed by atoms with Crippen molar-refractivity contribution >= 4 is 11.9 Å². The summed E-state index contributed by atoms with van der Waals surface area (Å²) in [7, 11) is 0. The third-order valence-corrected chi connectivity index (χ3v) is 3.26. The molecule has 4 nitrogen and oxygen atoms in total. The molecule has 0 aliphatic heterocycles. The Morgan fingerprint density at radius 2 is 1.94 bits per heavy atom. The molecule has 0 saturated heterocycles. The van der Waals surface area contributed by atoms with Gasteiger partial charge in [0.2, 0.25) is 5.91 Å². The molecule has 1 unspecified atom stereocenters. The zero-order valence-electron chi connectivity index (χ0n) is 9.69. The van der Waals surface area contributed by atoms with Crippen LogP contribution in [0.4, 0.5) is 0 Å². The molecule has 1 aliphatic carbocycles. The van der Waals surface area contributed by atoms with Gasteiger partial charge in [-0.2, -0.15) is 0 Å². The molecule has 0 aromatic heterocycles. The van der Waals surface area contributed by atoms with E-state index >= 15 is 0 Å². The van der Waals surface area contributed by atoms with Crippen LogP contribution in [0.1, 0.15) is 24.5 Å². The van der Waals surface area contributed by atoms with Crippen molar-refractivity contribution in [3.63, 3.8) is 0 Å². The van der Waals surface area contributed by atoms with Gasteiger partial charge in [0.05, 0.1) is 0 Å². The Labute approximate surface area is 99.6 Å². The molecular weight excluding hydrogens is 218 g/mol. The third-order valence-electron chi connectivity index (χ3n) is 3.26. The average Bonchev–Trinajstić information content (AvgIpc) is 2.27. The van der Waals surface area contributed by atoms with Gasteiger partial charge in [0.1, 0.15) is 5.54 Å². The van der Waals surface area contributed by atoms with Crippen LogP contribution in [0.2, 0.25) is 0 Å². The zero-order chi connectivity index (χ0) is 12.5. The molecule has 1 atom stereocenters. The molecule has 0 bridgehead atoms. The Morgan fingerprint density at radius 3 is 2.53 bits per heavy atom. The van der Waals surface area contributed by atoms with Crippen LogP contribution in [0, 0.1) is 0 Å². The van der Waals surface area contributed by atoms with Gasteiger partial charge in [-0.25, -0.2) is 4.79 Å². The van der Waals surface area contributed by atoms with E-state index in [4.69, 9.17) is 0 Å². The van der Waals surface area contributed by atoms with Crippen LogP contribution in [0.15, 0.2) is 24.3 Å². The number of carboxylic acid groups (broad SMARTS) is 1. The number of hydrogen-bond acceptors (Lipinski definition) is 2. The first kappa shape index (κ1) is 11.6. The number of carbonyl (C=O) groups is 2. The Kier molecular flexibility index (Phi) is 2.88. The fourth-order valence-corrected chi connectivity index (χ4v) is 2.42. The number of rotatable bonds is 2. The smallest absolute Gasteiger partial charge is 0.329 e. The molecule has 90 valence electrons. The van der Waals surface area contributed by atoms with E-state index in [1.165, 1.54) is 12.5 Å². The number of benzene rings is 1. The van der Waals surface area contributed by atoms with Crippen molar-refractivity contribution in [2.24, 2.45) is 0 Å². The van der Waals surface area contributed by atoms with E-state index in [2.05, 4.69) is 5.32 Å². The molecule has 1 aliphatic rings. The second-order valence-corrected chi connectivity index (χ2v) is 4.51. The molecule has 0 spiro atoms. The molecule has 4 heteroatoms. The molecule has 1 amide bonds. The number of amides is 1. The maximum Gasteiger partial charge on any atom is 0.329 e. The number of carbonyl (C=O) groups excluding carboxylic acids is 1. The summed E-state index contributed by atoms with van der Waals surface area (Å²) >= 11 is 0. The fraction of sp³-hybridized carbons (Fsp3) is 0.385. The van der Waals surface area contributed by atoms with Gasteiger partial charge in [0.15, 0.2) is 0 Å². The Balaban J connectivity index is 2.34. The van der Waals surface area contributed by atoms with Crippen molar-refractivity contribution in [2.45, 2.75) is 31.7 Å². The van der Waals surface area contributed by atoms with Crippen LogP contribution < -0.4 is 5.32 Å². The highest BCUT2D eigenvalue weighted by Crippen LogP contribution is 2.29. The van der Waals surface area contributed by atoms with Gasteiger partial charge < -0.3 is 10.4 Å². The van der Waals surface area contributed by atoms with Gasteiger partial charge in [-0.05, 0) is 24.0 Å². The highest BCUT2D eigenvalue weighted by Gasteiger charge is 2.42. The van der Waals surface area contributed by atoms with Gasteiger partial charge in [0, 0.05) is 13.3 Å². The van der Waals surface area contributed by atoms with E-state index in [9.17, 15) is 14.7 Å². The van der Waals surface area contributed by atoms with E-state index < -0.39 is 11.5 Å². The molecule has 0 heterocycles. The lowest BCUT2D eigenvalue weighted by atomic mass is 9.78. The van der Waals surface area contributed by atoms with E-state index in [1.54, 1.807) is 0 Å². The topological polar surface area (TPSA) is 66.4 Å². The summed E-state index contributed by atoms with van der Waals surface area (Å²) in [5, 5.41) is 11.9. The lowest BCUT2D eigenvalue weighted by molar-refractivity contribution is -0.148. The van der Waals surface area contributed by atoms with Gasteiger partial charge in [-0.1, -0.05) is 24.3 Å². The number of carboxylic acids is 1. The monoisotopic (exact) mass is 233 g/mol. The minimum absolute atomic E-state index is 0.299. The van der Waals surface area contributed by atoms with Crippen molar-refractivity contribution < 1.29 is 14.7 Å². The third kappa shape index (κ3) is 2.16. The average molecular weight is 233 g/mol. The maximum atomic E-state index is 11.4. The Hall–Kier alpha value is -1.84. The second kappa shape index (κ2) is 4.20. The van der Waals surface area contributed by atoms with Gasteiger partial charge in [-0.15, -0.1) is 0 Å². The zero-order valence-corrected chi connectivity index (χ0v) is 9.69. The van der Waals surface area contributed by atoms with Crippen LogP contribution in [-0.2, 0) is 22.4 Å². The highest BCUT2D eigenvalue weighted by atomic mass is 16.4. The highest BCUT2D eigenvalue weighted by molar-refractivity contribution is 5.86. The largest absolute Gasteiger partial charge is 0.479 e. The molecule has 2 N–H and O–H groups in total. The lowest BCUT2D eigenvalue weighted by Gasteiger charge is -2.34. The van der Waals surface area contributed by atoms with Crippen molar-refractivity contribution in [3.05, 3.63) is 35.4 Å². The molecule has 0 saturated carbocycles.